The summed E-state index contributed by atoms with van der Waals surface area (Å²) >= 11 is 0. The molecule has 0 radical (unpaired) electrons. The predicted octanol–water partition coefficient (Wildman–Crippen LogP) is 3.47. The summed E-state index contributed by atoms with van der Waals surface area (Å²) in [6.45, 7) is 4.99. The lowest BCUT2D eigenvalue weighted by Gasteiger charge is -2.12. The zero-order valence-electron chi connectivity index (χ0n) is 15.9. The third-order valence-electron chi connectivity index (χ3n) is 4.19. The molecule has 0 saturated heterocycles. The van der Waals surface area contributed by atoms with Gasteiger partial charge in [-0.15, -0.1) is 10.2 Å². The highest BCUT2D eigenvalue weighted by atomic mass is 16.2. The van der Waals surface area contributed by atoms with Crippen molar-refractivity contribution in [2.24, 2.45) is 0 Å². The van der Waals surface area contributed by atoms with E-state index >= 15 is 0 Å². The summed E-state index contributed by atoms with van der Waals surface area (Å²) in [4.78, 5) is 16.0. The molecular weight excluding hydrogens is 354 g/mol. The second-order valence-corrected chi connectivity index (χ2v) is 6.22. The Morgan fingerprint density at radius 1 is 0.929 bits per heavy atom. The van der Waals surface area contributed by atoms with Gasteiger partial charge in [-0.1, -0.05) is 12.1 Å². The Morgan fingerprint density at radius 3 is 2.43 bits per heavy atom. The van der Waals surface area contributed by atoms with Gasteiger partial charge in [-0.2, -0.15) is 0 Å². The van der Waals surface area contributed by atoms with E-state index < -0.39 is 0 Å². The Hall–Kier alpha value is -3.68. The van der Waals surface area contributed by atoms with Gasteiger partial charge in [-0.05, 0) is 55.3 Å². The highest BCUT2D eigenvalue weighted by Crippen LogP contribution is 2.17. The average molecular weight is 377 g/mol. The summed E-state index contributed by atoms with van der Waals surface area (Å²) in [5.74, 6) is 1.28. The number of hydrogen-bond donors (Lipinski definition) is 4. The van der Waals surface area contributed by atoms with Gasteiger partial charge in [0.25, 0.3) is 0 Å². The highest BCUT2D eigenvalue weighted by molar-refractivity contribution is 5.90. The smallest absolute Gasteiger partial charge is 0.319 e. The minimum Gasteiger partial charge on any atom is -0.367 e. The highest BCUT2D eigenvalue weighted by Gasteiger charge is 2.05. The van der Waals surface area contributed by atoms with Crippen LogP contribution in [0.1, 0.15) is 11.1 Å². The minimum atomic E-state index is -0.238. The van der Waals surface area contributed by atoms with Crippen molar-refractivity contribution < 1.29 is 4.79 Å². The van der Waals surface area contributed by atoms with E-state index in [0.29, 0.717) is 24.7 Å². The number of amides is 2. The molecule has 2 aromatic heterocycles. The molecule has 2 heterocycles. The van der Waals surface area contributed by atoms with E-state index in [1.807, 2.05) is 56.3 Å². The van der Waals surface area contributed by atoms with Gasteiger partial charge in [0.05, 0.1) is 0 Å². The number of nitrogens with zero attached hydrogens (tertiary/aromatic N) is 3. The lowest BCUT2D eigenvalue weighted by Crippen LogP contribution is -2.33. The maximum atomic E-state index is 12.0. The summed E-state index contributed by atoms with van der Waals surface area (Å²) in [6, 6.07) is 12.9. The Kier molecular flexibility index (Phi) is 6.35. The number of anilines is 4. The number of benzene rings is 1. The number of aryl methyl sites for hydroxylation is 1. The fourth-order valence-electron chi connectivity index (χ4n) is 2.50. The van der Waals surface area contributed by atoms with Gasteiger partial charge in [-0.25, -0.2) is 4.79 Å². The van der Waals surface area contributed by atoms with Gasteiger partial charge in [0.1, 0.15) is 5.82 Å². The molecule has 4 N–H and O–H groups in total. The van der Waals surface area contributed by atoms with Crippen LogP contribution in [0.4, 0.5) is 27.8 Å². The van der Waals surface area contributed by atoms with E-state index in [0.717, 1.165) is 22.5 Å². The Balaban J connectivity index is 1.40. The zero-order chi connectivity index (χ0) is 19.8. The van der Waals surface area contributed by atoms with Crippen LogP contribution in [0, 0.1) is 13.8 Å². The van der Waals surface area contributed by atoms with Gasteiger partial charge >= 0.3 is 6.03 Å². The van der Waals surface area contributed by atoms with Crippen LogP contribution in [0.5, 0.6) is 0 Å². The van der Waals surface area contributed by atoms with E-state index in [9.17, 15) is 4.79 Å². The number of nitrogens with one attached hydrogen (secondary N) is 4. The van der Waals surface area contributed by atoms with Crippen LogP contribution in [0.3, 0.4) is 0 Å². The lowest BCUT2D eigenvalue weighted by molar-refractivity contribution is 0.252. The van der Waals surface area contributed by atoms with Gasteiger partial charge in [0, 0.05) is 36.9 Å². The summed E-state index contributed by atoms with van der Waals surface area (Å²) in [6.07, 6.45) is 3.41. The molecule has 144 valence electrons. The molecular formula is C20H23N7O. The van der Waals surface area contributed by atoms with Crippen molar-refractivity contribution >= 4 is 29.0 Å². The molecule has 3 aromatic rings. The molecule has 3 rings (SSSR count). The Bertz CT molecular complexity index is 914. The molecule has 0 aliphatic rings. The predicted molar refractivity (Wildman–Crippen MR) is 111 cm³/mol. The van der Waals surface area contributed by atoms with E-state index in [4.69, 9.17) is 0 Å². The fourth-order valence-corrected chi connectivity index (χ4v) is 2.50. The molecule has 0 fully saturated rings. The van der Waals surface area contributed by atoms with Crippen molar-refractivity contribution in [1.82, 2.24) is 20.5 Å². The van der Waals surface area contributed by atoms with Gasteiger partial charge in [0.15, 0.2) is 5.82 Å². The molecule has 28 heavy (non-hydrogen) atoms. The van der Waals surface area contributed by atoms with Crippen LogP contribution in [-0.4, -0.2) is 34.3 Å². The summed E-state index contributed by atoms with van der Waals surface area (Å²) in [5.41, 5.74) is 3.91. The zero-order valence-corrected chi connectivity index (χ0v) is 15.9. The second kappa shape index (κ2) is 9.31. The standard InChI is InChI=1S/C20H23N7O/c1-14-4-3-5-17(15(14)2)25-20(28)23-13-12-22-18-6-7-19(27-26-18)24-16-8-10-21-11-9-16/h3-11H,12-13H2,1-2H3,(H,22,26)(H,21,24,27)(H2,23,25,28). The van der Waals surface area contributed by atoms with Crippen molar-refractivity contribution in [2.75, 3.05) is 29.0 Å². The first-order valence-corrected chi connectivity index (χ1v) is 8.97. The topological polar surface area (TPSA) is 104 Å². The number of aromatic nitrogens is 3. The largest absolute Gasteiger partial charge is 0.367 e. The monoisotopic (exact) mass is 377 g/mol. The molecule has 0 unspecified atom stereocenters. The first kappa shape index (κ1) is 19.1. The molecule has 8 nitrogen and oxygen atoms in total. The minimum absolute atomic E-state index is 0.238. The molecule has 1 aromatic carbocycles. The molecule has 0 saturated carbocycles. The van der Waals surface area contributed by atoms with Crippen LogP contribution in [0.15, 0.2) is 54.9 Å². The van der Waals surface area contributed by atoms with Crippen LogP contribution >= 0.6 is 0 Å². The third-order valence-corrected chi connectivity index (χ3v) is 4.19. The van der Waals surface area contributed by atoms with Crippen LogP contribution in [0.2, 0.25) is 0 Å². The summed E-state index contributed by atoms with van der Waals surface area (Å²) in [7, 11) is 0. The molecule has 0 atom stereocenters. The van der Waals surface area contributed by atoms with Crippen LogP contribution < -0.4 is 21.3 Å². The number of urea groups is 1. The van der Waals surface area contributed by atoms with Crippen LogP contribution in [-0.2, 0) is 0 Å². The molecule has 8 heteroatoms. The van der Waals surface area contributed by atoms with Crippen molar-refractivity contribution in [1.29, 1.82) is 0 Å². The second-order valence-electron chi connectivity index (χ2n) is 6.22. The number of rotatable bonds is 7. The maximum absolute atomic E-state index is 12.0. The Morgan fingerprint density at radius 2 is 1.68 bits per heavy atom. The molecule has 0 aliphatic carbocycles. The van der Waals surface area contributed by atoms with Crippen molar-refractivity contribution in [2.45, 2.75) is 13.8 Å². The SMILES string of the molecule is Cc1cccc(NC(=O)NCCNc2ccc(Nc3ccncc3)nn2)c1C. The van der Waals surface area contributed by atoms with E-state index in [1.54, 1.807) is 12.4 Å². The quantitative estimate of drug-likeness (QED) is 0.470. The summed E-state index contributed by atoms with van der Waals surface area (Å²) < 4.78 is 0. The van der Waals surface area contributed by atoms with E-state index in [-0.39, 0.29) is 6.03 Å². The van der Waals surface area contributed by atoms with Gasteiger partial charge in [0.2, 0.25) is 0 Å². The normalized spacial score (nSPS) is 10.2. The molecule has 0 aliphatic heterocycles. The van der Waals surface area contributed by atoms with Gasteiger partial charge < -0.3 is 21.3 Å². The lowest BCUT2D eigenvalue weighted by atomic mass is 10.1. The van der Waals surface area contributed by atoms with Crippen molar-refractivity contribution in [3.63, 3.8) is 0 Å². The number of pyridine rings is 1. The molecule has 0 bridgehead atoms. The number of carbonyl (C=O) groups is 1. The molecule has 0 spiro atoms. The first-order valence-electron chi connectivity index (χ1n) is 8.97. The van der Waals surface area contributed by atoms with E-state index in [1.165, 1.54) is 0 Å². The maximum Gasteiger partial charge on any atom is 0.319 e. The van der Waals surface area contributed by atoms with Gasteiger partial charge in [-0.3, -0.25) is 4.98 Å². The summed E-state index contributed by atoms with van der Waals surface area (Å²) in [5, 5.41) is 20.2. The Labute approximate surface area is 163 Å². The van der Waals surface area contributed by atoms with Crippen molar-refractivity contribution in [3.8, 4) is 0 Å². The third kappa shape index (κ3) is 5.41. The van der Waals surface area contributed by atoms with E-state index in [2.05, 4.69) is 36.4 Å². The number of carbonyl (C=O) groups excluding carboxylic acids is 1. The molecule has 2 amide bonds. The number of hydrogen-bond acceptors (Lipinski definition) is 6. The fraction of sp³-hybridized carbons (Fsp3) is 0.200. The van der Waals surface area contributed by atoms with Crippen molar-refractivity contribution in [3.05, 3.63) is 66.0 Å². The average Bonchev–Trinajstić information content (AvgIpc) is 2.71. The first-order chi connectivity index (χ1) is 13.6. The van der Waals surface area contributed by atoms with Crippen LogP contribution in [0.25, 0.3) is 0 Å².